The Hall–Kier alpha value is -1.84. The average molecular weight is 310 g/mol. The van der Waals surface area contributed by atoms with E-state index in [9.17, 15) is 0 Å². The first-order valence-corrected chi connectivity index (χ1v) is 8.46. The molecule has 23 heavy (non-hydrogen) atoms. The van der Waals surface area contributed by atoms with Crippen LogP contribution in [0.5, 0.6) is 5.75 Å². The van der Waals surface area contributed by atoms with Gasteiger partial charge in [0.1, 0.15) is 5.75 Å². The zero-order chi connectivity index (χ0) is 16.1. The summed E-state index contributed by atoms with van der Waals surface area (Å²) in [7, 11) is 1.74. The van der Waals surface area contributed by atoms with Crippen LogP contribution < -0.4 is 10.1 Å². The predicted octanol–water partition coefficient (Wildman–Crippen LogP) is 3.76. The third-order valence-corrected chi connectivity index (χ3v) is 4.73. The summed E-state index contributed by atoms with van der Waals surface area (Å²) >= 11 is 0. The van der Waals surface area contributed by atoms with E-state index in [-0.39, 0.29) is 0 Å². The highest BCUT2D eigenvalue weighted by molar-refractivity contribution is 5.91. The zero-order valence-corrected chi connectivity index (χ0v) is 13.9. The molecular weight excluding hydrogens is 284 g/mol. The number of nitrogens with one attached hydrogen (secondary N) is 1. The molecular formula is C20H26N2O. The van der Waals surface area contributed by atoms with E-state index in [4.69, 9.17) is 4.74 Å². The van der Waals surface area contributed by atoms with E-state index in [0.717, 1.165) is 44.8 Å². The summed E-state index contributed by atoms with van der Waals surface area (Å²) in [6, 6.07) is 13.4. The minimum atomic E-state index is 0.436. The number of allylic oxidation sites excluding steroid dienone is 1. The fourth-order valence-electron chi connectivity index (χ4n) is 3.57. The maximum Gasteiger partial charge on any atom is 0.126 e. The molecule has 1 heterocycles. The Kier molecular flexibility index (Phi) is 5.31. The second-order valence-corrected chi connectivity index (χ2v) is 6.07. The first-order chi connectivity index (χ1) is 11.3. The molecule has 0 radical (unpaired) electrons. The number of piperazine rings is 1. The largest absolute Gasteiger partial charge is 0.496 e. The second-order valence-electron chi connectivity index (χ2n) is 6.07. The van der Waals surface area contributed by atoms with Crippen molar-refractivity contribution in [2.75, 3.05) is 33.3 Å². The van der Waals surface area contributed by atoms with Crippen LogP contribution >= 0.6 is 0 Å². The minimum Gasteiger partial charge on any atom is -0.496 e. The Labute approximate surface area is 138 Å². The fourth-order valence-corrected chi connectivity index (χ4v) is 3.57. The molecule has 0 spiro atoms. The Balaban J connectivity index is 2.04. The van der Waals surface area contributed by atoms with Crippen LogP contribution in [0.25, 0.3) is 10.8 Å². The number of rotatable bonds is 6. The highest BCUT2D eigenvalue weighted by Crippen LogP contribution is 2.36. The molecule has 1 aliphatic heterocycles. The molecule has 1 aliphatic rings. The van der Waals surface area contributed by atoms with Crippen molar-refractivity contribution in [2.45, 2.75) is 18.9 Å². The van der Waals surface area contributed by atoms with Crippen LogP contribution in [0.4, 0.5) is 0 Å². The lowest BCUT2D eigenvalue weighted by Crippen LogP contribution is -2.45. The van der Waals surface area contributed by atoms with Crippen LogP contribution in [-0.4, -0.2) is 38.2 Å². The lowest BCUT2D eigenvalue weighted by atomic mass is 9.93. The van der Waals surface area contributed by atoms with E-state index in [0.29, 0.717) is 6.04 Å². The molecule has 0 amide bonds. The van der Waals surface area contributed by atoms with E-state index in [1.165, 1.54) is 16.3 Å². The van der Waals surface area contributed by atoms with Crippen molar-refractivity contribution in [1.29, 1.82) is 0 Å². The number of hydrogen-bond acceptors (Lipinski definition) is 3. The molecule has 3 nitrogen and oxygen atoms in total. The average Bonchev–Trinajstić information content (AvgIpc) is 2.63. The van der Waals surface area contributed by atoms with E-state index >= 15 is 0 Å². The Bertz CT molecular complexity index is 662. The van der Waals surface area contributed by atoms with Crippen molar-refractivity contribution >= 4 is 10.8 Å². The van der Waals surface area contributed by atoms with Gasteiger partial charge in [0.2, 0.25) is 0 Å². The number of fused-ring (bicyclic) bond motifs is 1. The highest BCUT2D eigenvalue weighted by Gasteiger charge is 2.23. The van der Waals surface area contributed by atoms with Crippen LogP contribution in [0.2, 0.25) is 0 Å². The van der Waals surface area contributed by atoms with E-state index < -0.39 is 0 Å². The second kappa shape index (κ2) is 7.62. The molecule has 0 aromatic heterocycles. The summed E-state index contributed by atoms with van der Waals surface area (Å²) in [5.41, 5.74) is 1.41. The SMILES string of the molecule is C=CCC[C@@H](c1ccc(OC)c2ccccc12)N1CCNCC1. The van der Waals surface area contributed by atoms with Crippen LogP contribution in [0.1, 0.15) is 24.4 Å². The molecule has 2 aromatic carbocycles. The van der Waals surface area contributed by atoms with Gasteiger partial charge in [0.25, 0.3) is 0 Å². The van der Waals surface area contributed by atoms with Crippen molar-refractivity contribution in [3.8, 4) is 5.75 Å². The van der Waals surface area contributed by atoms with E-state index in [1.54, 1.807) is 7.11 Å². The summed E-state index contributed by atoms with van der Waals surface area (Å²) in [4.78, 5) is 2.61. The van der Waals surface area contributed by atoms with Crippen molar-refractivity contribution in [1.82, 2.24) is 10.2 Å². The fraction of sp³-hybridized carbons (Fsp3) is 0.400. The van der Waals surface area contributed by atoms with Crippen molar-refractivity contribution in [3.05, 3.63) is 54.6 Å². The number of hydrogen-bond donors (Lipinski definition) is 1. The standard InChI is InChI=1S/C20H26N2O/c1-3-4-9-19(22-14-12-21-13-15-22)17-10-11-20(23-2)18-8-6-5-7-16(17)18/h3,5-8,10-11,19,21H,1,4,9,12-15H2,2H3/t19-/m0/s1. The third kappa shape index (κ3) is 3.41. The zero-order valence-electron chi connectivity index (χ0n) is 13.9. The van der Waals surface area contributed by atoms with Gasteiger partial charge < -0.3 is 10.1 Å². The molecule has 1 atom stereocenters. The molecule has 1 N–H and O–H groups in total. The highest BCUT2D eigenvalue weighted by atomic mass is 16.5. The molecule has 0 aliphatic carbocycles. The van der Waals surface area contributed by atoms with Gasteiger partial charge in [-0.15, -0.1) is 6.58 Å². The van der Waals surface area contributed by atoms with E-state index in [1.807, 2.05) is 6.08 Å². The summed E-state index contributed by atoms with van der Waals surface area (Å²) in [5.74, 6) is 0.951. The Morgan fingerprint density at radius 1 is 1.17 bits per heavy atom. The van der Waals surface area contributed by atoms with Crippen molar-refractivity contribution < 1.29 is 4.74 Å². The molecule has 0 bridgehead atoms. The van der Waals surface area contributed by atoms with Gasteiger partial charge in [-0.25, -0.2) is 0 Å². The van der Waals surface area contributed by atoms with Gasteiger partial charge in [0.15, 0.2) is 0 Å². The molecule has 1 saturated heterocycles. The van der Waals surface area contributed by atoms with Gasteiger partial charge in [0.05, 0.1) is 7.11 Å². The number of benzene rings is 2. The first kappa shape index (κ1) is 16.0. The molecule has 0 unspecified atom stereocenters. The van der Waals surface area contributed by atoms with Crippen molar-refractivity contribution in [3.63, 3.8) is 0 Å². The van der Waals surface area contributed by atoms with Gasteiger partial charge in [-0.3, -0.25) is 4.90 Å². The molecule has 3 rings (SSSR count). The lowest BCUT2D eigenvalue weighted by molar-refractivity contribution is 0.167. The van der Waals surface area contributed by atoms with Crippen molar-refractivity contribution in [2.24, 2.45) is 0 Å². The Morgan fingerprint density at radius 2 is 1.91 bits per heavy atom. The van der Waals surface area contributed by atoms with E-state index in [2.05, 4.69) is 53.2 Å². The van der Waals surface area contributed by atoms with Gasteiger partial charge >= 0.3 is 0 Å². The molecule has 1 fully saturated rings. The smallest absolute Gasteiger partial charge is 0.126 e. The van der Waals surface area contributed by atoms with Crippen LogP contribution in [0.3, 0.4) is 0 Å². The molecule has 122 valence electrons. The van der Waals surface area contributed by atoms with Gasteiger partial charge in [-0.1, -0.05) is 36.4 Å². The molecule has 2 aromatic rings. The maximum absolute atomic E-state index is 5.55. The summed E-state index contributed by atoms with van der Waals surface area (Å²) < 4.78 is 5.55. The number of nitrogens with zero attached hydrogens (tertiary/aromatic N) is 1. The third-order valence-electron chi connectivity index (χ3n) is 4.73. The quantitative estimate of drug-likeness (QED) is 0.822. The summed E-state index contributed by atoms with van der Waals surface area (Å²) in [6.07, 6.45) is 4.18. The Morgan fingerprint density at radius 3 is 2.61 bits per heavy atom. The van der Waals surface area contributed by atoms with Crippen LogP contribution in [-0.2, 0) is 0 Å². The van der Waals surface area contributed by atoms with Gasteiger partial charge in [-0.05, 0) is 29.9 Å². The first-order valence-electron chi connectivity index (χ1n) is 8.46. The molecule has 0 saturated carbocycles. The van der Waals surface area contributed by atoms with Crippen LogP contribution in [0.15, 0.2) is 49.1 Å². The van der Waals surface area contributed by atoms with Gasteiger partial charge in [0, 0.05) is 37.6 Å². The molecule has 3 heteroatoms. The normalized spacial score (nSPS) is 17.1. The van der Waals surface area contributed by atoms with Crippen LogP contribution in [0, 0.1) is 0 Å². The monoisotopic (exact) mass is 310 g/mol. The minimum absolute atomic E-state index is 0.436. The topological polar surface area (TPSA) is 24.5 Å². The predicted molar refractivity (Wildman–Crippen MR) is 97.1 cm³/mol. The summed E-state index contributed by atoms with van der Waals surface area (Å²) in [5, 5.41) is 5.96. The number of methoxy groups -OCH3 is 1. The van der Waals surface area contributed by atoms with Gasteiger partial charge in [-0.2, -0.15) is 0 Å². The maximum atomic E-state index is 5.55. The summed E-state index contributed by atoms with van der Waals surface area (Å²) in [6.45, 7) is 8.25. The lowest BCUT2D eigenvalue weighted by Gasteiger charge is -2.36. The number of ether oxygens (including phenoxy) is 1.